The maximum absolute atomic E-state index is 10.9. The van der Waals surface area contributed by atoms with E-state index in [1.54, 1.807) is 0 Å². The number of hydrogen-bond donors (Lipinski definition) is 0. The quantitative estimate of drug-likeness (QED) is 0.199. The third-order valence-electron chi connectivity index (χ3n) is 3.41. The Morgan fingerprint density at radius 3 is 1.90 bits per heavy atom. The van der Waals surface area contributed by atoms with Crippen molar-refractivity contribution >= 4 is 29.5 Å². The number of methoxy groups -OCH3 is 1. The van der Waals surface area contributed by atoms with Crippen LogP contribution in [0.15, 0.2) is 0 Å². The Bertz CT molecular complexity index is 223. The topological polar surface area (TPSA) is 26.3 Å². The molecule has 4 heteroatoms. The Morgan fingerprint density at radius 2 is 1.33 bits per heavy atom. The molecule has 0 unspecified atom stereocenters. The highest BCUT2D eigenvalue weighted by Crippen LogP contribution is 2.16. The first-order valence-electron chi connectivity index (χ1n) is 8.53. The van der Waals surface area contributed by atoms with E-state index in [9.17, 15) is 4.79 Å². The molecule has 0 heterocycles. The van der Waals surface area contributed by atoms with Crippen molar-refractivity contribution in [3.05, 3.63) is 0 Å². The predicted octanol–water partition coefficient (Wildman–Crippen LogP) is 5.89. The molecule has 0 saturated heterocycles. The summed E-state index contributed by atoms with van der Waals surface area (Å²) < 4.78 is 4.63. The number of esters is 1. The minimum atomic E-state index is -0.0686. The SMILES string of the molecule is CCCSCSCCCCCCCCCCCC(=O)OC. The van der Waals surface area contributed by atoms with Crippen LogP contribution >= 0.6 is 23.5 Å². The first-order valence-corrected chi connectivity index (χ1v) is 10.8. The molecule has 0 atom stereocenters. The standard InChI is InChI=1S/C17H34O2S2/c1-3-14-20-16-21-15-12-10-8-6-4-5-7-9-11-13-17(18)19-2/h3-16H2,1-2H3. The second-order valence-corrected chi connectivity index (χ2v) is 8.02. The van der Waals surface area contributed by atoms with Gasteiger partial charge in [-0.3, -0.25) is 4.79 Å². The lowest BCUT2D eigenvalue weighted by Gasteiger charge is -2.03. The zero-order chi connectivity index (χ0) is 15.6. The molecule has 0 aromatic carbocycles. The van der Waals surface area contributed by atoms with Crippen molar-refractivity contribution in [1.82, 2.24) is 0 Å². The number of rotatable bonds is 16. The van der Waals surface area contributed by atoms with Gasteiger partial charge in [0, 0.05) is 11.5 Å². The summed E-state index contributed by atoms with van der Waals surface area (Å²) in [5, 5.41) is 1.28. The largest absolute Gasteiger partial charge is 0.469 e. The molecule has 0 N–H and O–H groups in total. The average Bonchev–Trinajstić information content (AvgIpc) is 2.50. The van der Waals surface area contributed by atoms with Crippen molar-refractivity contribution < 1.29 is 9.53 Å². The summed E-state index contributed by atoms with van der Waals surface area (Å²) in [6.07, 6.45) is 13.5. The van der Waals surface area contributed by atoms with Gasteiger partial charge in [-0.05, 0) is 30.8 Å². The predicted molar refractivity (Wildman–Crippen MR) is 98.3 cm³/mol. The molecule has 0 aliphatic carbocycles. The molecule has 2 nitrogen and oxygen atoms in total. The fourth-order valence-corrected chi connectivity index (χ4v) is 4.25. The van der Waals surface area contributed by atoms with E-state index in [1.165, 1.54) is 81.5 Å². The fourth-order valence-electron chi connectivity index (χ4n) is 2.13. The Labute approximate surface area is 140 Å². The van der Waals surface area contributed by atoms with Crippen molar-refractivity contribution in [2.24, 2.45) is 0 Å². The first-order chi connectivity index (χ1) is 10.3. The molecule has 0 saturated carbocycles. The number of thioether (sulfide) groups is 2. The lowest BCUT2D eigenvalue weighted by Crippen LogP contribution is -1.99. The van der Waals surface area contributed by atoms with Crippen LogP contribution in [-0.2, 0) is 9.53 Å². The van der Waals surface area contributed by atoms with Gasteiger partial charge in [0.2, 0.25) is 0 Å². The highest BCUT2D eigenvalue weighted by Gasteiger charge is 1.99. The average molecular weight is 335 g/mol. The van der Waals surface area contributed by atoms with E-state index in [-0.39, 0.29) is 5.97 Å². The minimum Gasteiger partial charge on any atom is -0.469 e. The summed E-state index contributed by atoms with van der Waals surface area (Å²) >= 11 is 4.17. The molecule has 126 valence electrons. The van der Waals surface area contributed by atoms with Crippen LogP contribution < -0.4 is 0 Å². The Kier molecular flexibility index (Phi) is 18.4. The van der Waals surface area contributed by atoms with Crippen molar-refractivity contribution in [2.45, 2.75) is 77.6 Å². The van der Waals surface area contributed by atoms with Crippen LogP contribution in [0.2, 0.25) is 0 Å². The number of hydrogen-bond acceptors (Lipinski definition) is 4. The van der Waals surface area contributed by atoms with E-state index in [4.69, 9.17) is 0 Å². The first kappa shape index (κ1) is 21.2. The zero-order valence-electron chi connectivity index (χ0n) is 14.0. The normalized spacial score (nSPS) is 10.8. The molecule has 0 fully saturated rings. The van der Waals surface area contributed by atoms with E-state index in [0.717, 1.165) is 6.42 Å². The highest BCUT2D eigenvalue weighted by atomic mass is 32.2. The molecule has 0 aliphatic rings. The van der Waals surface area contributed by atoms with Gasteiger partial charge in [-0.2, -0.15) is 23.5 Å². The van der Waals surface area contributed by atoms with E-state index in [0.29, 0.717) is 6.42 Å². The molecular weight excluding hydrogens is 300 g/mol. The molecule has 0 radical (unpaired) electrons. The van der Waals surface area contributed by atoms with Gasteiger partial charge in [0.25, 0.3) is 0 Å². The van der Waals surface area contributed by atoms with Gasteiger partial charge in [0.05, 0.1) is 7.11 Å². The van der Waals surface area contributed by atoms with E-state index in [1.807, 2.05) is 0 Å². The van der Waals surface area contributed by atoms with Gasteiger partial charge in [0.15, 0.2) is 0 Å². The zero-order valence-corrected chi connectivity index (χ0v) is 15.7. The van der Waals surface area contributed by atoms with E-state index in [2.05, 4.69) is 35.2 Å². The van der Waals surface area contributed by atoms with Crippen LogP contribution in [0, 0.1) is 0 Å². The van der Waals surface area contributed by atoms with Crippen molar-refractivity contribution in [3.63, 3.8) is 0 Å². The van der Waals surface area contributed by atoms with Crippen LogP contribution in [0.3, 0.4) is 0 Å². The summed E-state index contributed by atoms with van der Waals surface area (Å²) in [5.74, 6) is 2.58. The second kappa shape index (κ2) is 18.2. The Hall–Kier alpha value is 0.170. The molecule has 0 aromatic heterocycles. The summed E-state index contributed by atoms with van der Waals surface area (Å²) in [4.78, 5) is 10.9. The molecule has 0 rings (SSSR count). The summed E-state index contributed by atoms with van der Waals surface area (Å²) in [6, 6.07) is 0. The number of ether oxygens (including phenoxy) is 1. The maximum Gasteiger partial charge on any atom is 0.305 e. The Morgan fingerprint density at radius 1 is 0.810 bits per heavy atom. The number of unbranched alkanes of at least 4 members (excludes halogenated alkanes) is 8. The molecular formula is C17H34O2S2. The third-order valence-corrected chi connectivity index (χ3v) is 6.02. The van der Waals surface area contributed by atoms with Crippen LogP contribution in [-0.4, -0.2) is 29.7 Å². The van der Waals surface area contributed by atoms with Gasteiger partial charge < -0.3 is 4.74 Å². The van der Waals surface area contributed by atoms with Crippen molar-refractivity contribution in [3.8, 4) is 0 Å². The van der Waals surface area contributed by atoms with Gasteiger partial charge in [-0.1, -0.05) is 51.9 Å². The summed E-state index contributed by atoms with van der Waals surface area (Å²) in [5.41, 5.74) is 0. The third kappa shape index (κ3) is 18.1. The lowest BCUT2D eigenvalue weighted by atomic mass is 10.1. The van der Waals surface area contributed by atoms with Crippen molar-refractivity contribution in [1.29, 1.82) is 0 Å². The number of carbonyl (C=O) groups excluding carboxylic acids is 1. The van der Waals surface area contributed by atoms with Gasteiger partial charge in [-0.25, -0.2) is 0 Å². The smallest absolute Gasteiger partial charge is 0.305 e. The van der Waals surface area contributed by atoms with Crippen LogP contribution in [0.4, 0.5) is 0 Å². The second-order valence-electron chi connectivity index (χ2n) is 5.44. The van der Waals surface area contributed by atoms with Crippen LogP contribution in [0.1, 0.15) is 77.6 Å². The molecule has 0 amide bonds. The molecule has 0 aromatic rings. The van der Waals surface area contributed by atoms with Gasteiger partial charge in [0.1, 0.15) is 0 Å². The lowest BCUT2D eigenvalue weighted by molar-refractivity contribution is -0.140. The summed E-state index contributed by atoms with van der Waals surface area (Å²) in [7, 11) is 1.46. The molecule has 0 aliphatic heterocycles. The fraction of sp³-hybridized carbons (Fsp3) is 0.941. The van der Waals surface area contributed by atoms with E-state index >= 15 is 0 Å². The molecule has 21 heavy (non-hydrogen) atoms. The molecule has 0 bridgehead atoms. The van der Waals surface area contributed by atoms with Crippen LogP contribution in [0.25, 0.3) is 0 Å². The summed E-state index contributed by atoms with van der Waals surface area (Å²) in [6.45, 7) is 2.25. The molecule has 0 spiro atoms. The van der Waals surface area contributed by atoms with Gasteiger partial charge in [-0.15, -0.1) is 0 Å². The minimum absolute atomic E-state index is 0.0686. The maximum atomic E-state index is 10.9. The van der Waals surface area contributed by atoms with Crippen LogP contribution in [0.5, 0.6) is 0 Å². The highest BCUT2D eigenvalue weighted by molar-refractivity contribution is 8.15. The monoisotopic (exact) mass is 334 g/mol. The van der Waals surface area contributed by atoms with E-state index < -0.39 is 0 Å². The van der Waals surface area contributed by atoms with Crippen molar-refractivity contribution in [2.75, 3.05) is 23.7 Å². The van der Waals surface area contributed by atoms with Gasteiger partial charge >= 0.3 is 5.97 Å². The Balaban J connectivity index is 2.98. The number of carbonyl (C=O) groups is 1.